The third kappa shape index (κ3) is 4.32. The van der Waals surface area contributed by atoms with E-state index in [1.54, 1.807) is 0 Å². The van der Waals surface area contributed by atoms with Gasteiger partial charge in [-0.25, -0.2) is 0 Å². The third-order valence-corrected chi connectivity index (χ3v) is 4.53. The molecule has 1 N–H and O–H groups in total. The first kappa shape index (κ1) is 15.5. The number of aryl methyl sites for hydroxylation is 1. The molecule has 1 atom stereocenters. The molecule has 1 aliphatic carbocycles. The van der Waals surface area contributed by atoms with Gasteiger partial charge in [0, 0.05) is 12.6 Å². The molecule has 2 nitrogen and oxygen atoms in total. The van der Waals surface area contributed by atoms with Crippen molar-refractivity contribution in [1.29, 1.82) is 0 Å². The van der Waals surface area contributed by atoms with Crippen LogP contribution < -0.4 is 5.32 Å². The number of benzene rings is 1. The zero-order valence-corrected chi connectivity index (χ0v) is 13.2. The van der Waals surface area contributed by atoms with Gasteiger partial charge >= 0.3 is 0 Å². The van der Waals surface area contributed by atoms with E-state index >= 15 is 0 Å². The molecule has 1 aromatic carbocycles. The smallest absolute Gasteiger partial charge is 0.0580 e. The van der Waals surface area contributed by atoms with Crippen molar-refractivity contribution in [2.45, 2.75) is 58.1 Å². The van der Waals surface area contributed by atoms with Crippen LogP contribution in [0.1, 0.15) is 44.2 Å². The quantitative estimate of drug-likeness (QED) is 0.783. The van der Waals surface area contributed by atoms with Crippen molar-refractivity contribution >= 4 is 0 Å². The summed E-state index contributed by atoms with van der Waals surface area (Å²) in [4.78, 5) is 0. The highest BCUT2D eigenvalue weighted by Gasteiger charge is 2.30. The van der Waals surface area contributed by atoms with Gasteiger partial charge in [0.25, 0.3) is 0 Å². The normalized spacial score (nSPS) is 23.4. The van der Waals surface area contributed by atoms with Crippen LogP contribution in [0.4, 0.5) is 0 Å². The van der Waals surface area contributed by atoms with Gasteiger partial charge in [0.05, 0.1) is 6.10 Å². The molecule has 1 aromatic rings. The predicted octanol–water partition coefficient (Wildman–Crippen LogP) is 3.58. The van der Waals surface area contributed by atoms with Crippen molar-refractivity contribution in [3.05, 3.63) is 35.4 Å². The van der Waals surface area contributed by atoms with Crippen molar-refractivity contribution in [1.82, 2.24) is 5.32 Å². The van der Waals surface area contributed by atoms with Crippen LogP contribution >= 0.6 is 0 Å². The summed E-state index contributed by atoms with van der Waals surface area (Å²) >= 11 is 0. The van der Waals surface area contributed by atoms with E-state index in [4.69, 9.17) is 4.74 Å². The van der Waals surface area contributed by atoms with E-state index < -0.39 is 0 Å². The summed E-state index contributed by atoms with van der Waals surface area (Å²) < 4.78 is 5.65. The largest absolute Gasteiger partial charge is 0.378 e. The molecule has 0 aromatic heterocycles. The van der Waals surface area contributed by atoms with Crippen molar-refractivity contribution < 1.29 is 4.74 Å². The van der Waals surface area contributed by atoms with E-state index in [9.17, 15) is 0 Å². The highest BCUT2D eigenvalue weighted by Crippen LogP contribution is 2.34. The van der Waals surface area contributed by atoms with E-state index in [1.165, 1.54) is 30.4 Å². The second-order valence-corrected chi connectivity index (χ2v) is 6.01. The molecule has 2 heteroatoms. The molecule has 0 amide bonds. The first-order valence-electron chi connectivity index (χ1n) is 8.11. The summed E-state index contributed by atoms with van der Waals surface area (Å²) in [6, 6.07) is 9.68. The van der Waals surface area contributed by atoms with Crippen molar-refractivity contribution in [2.75, 3.05) is 13.7 Å². The van der Waals surface area contributed by atoms with E-state index in [-0.39, 0.29) is 0 Å². The lowest BCUT2D eigenvalue weighted by atomic mass is 9.77. The van der Waals surface area contributed by atoms with E-state index in [1.807, 2.05) is 0 Å². The number of ether oxygens (including phenoxy) is 1. The Morgan fingerprint density at radius 2 is 1.80 bits per heavy atom. The van der Waals surface area contributed by atoms with E-state index in [2.05, 4.69) is 50.5 Å². The van der Waals surface area contributed by atoms with Gasteiger partial charge in [-0.2, -0.15) is 0 Å². The van der Waals surface area contributed by atoms with Gasteiger partial charge < -0.3 is 10.1 Å². The van der Waals surface area contributed by atoms with Crippen LogP contribution in [0, 0.1) is 5.92 Å². The van der Waals surface area contributed by atoms with Crippen molar-refractivity contribution in [2.24, 2.45) is 5.92 Å². The minimum atomic E-state index is 0.534. The van der Waals surface area contributed by atoms with Gasteiger partial charge in [-0.3, -0.25) is 0 Å². The van der Waals surface area contributed by atoms with Crippen LogP contribution in [0.2, 0.25) is 0 Å². The predicted molar refractivity (Wildman–Crippen MR) is 85.1 cm³/mol. The molecule has 112 valence electrons. The summed E-state index contributed by atoms with van der Waals surface area (Å²) in [6.45, 7) is 5.15. The Kier molecular flexibility index (Phi) is 6.06. The molecule has 2 rings (SSSR count). The molecular formula is C18H29NO. The third-order valence-electron chi connectivity index (χ3n) is 4.53. The lowest BCUT2D eigenvalue weighted by Crippen LogP contribution is -2.38. The highest BCUT2D eigenvalue weighted by molar-refractivity contribution is 5.23. The van der Waals surface area contributed by atoms with E-state index in [0.29, 0.717) is 12.1 Å². The zero-order valence-electron chi connectivity index (χ0n) is 13.2. The summed E-state index contributed by atoms with van der Waals surface area (Å²) in [7, 11) is 2.09. The van der Waals surface area contributed by atoms with Gasteiger partial charge in [0.2, 0.25) is 0 Å². The first-order chi connectivity index (χ1) is 9.75. The fourth-order valence-corrected chi connectivity index (χ4v) is 3.14. The number of nitrogens with one attached hydrogen (secondary N) is 1. The average molecular weight is 275 g/mol. The van der Waals surface area contributed by atoms with Gasteiger partial charge in [-0.15, -0.1) is 0 Å². The van der Waals surface area contributed by atoms with Crippen LogP contribution in [0.3, 0.4) is 0 Å². The number of rotatable bonds is 8. The number of likely N-dealkylation sites (N-methyl/N-ethyl adjacent to an activating group) is 1. The maximum absolute atomic E-state index is 5.65. The van der Waals surface area contributed by atoms with Gasteiger partial charge in [0.15, 0.2) is 0 Å². The fourth-order valence-electron chi connectivity index (χ4n) is 3.14. The standard InChI is InChI=1S/C18H29NO/c1-4-14-6-8-15(9-7-14)10-17(19-3)11-16-12-18(13-16)20-5-2/h6-9,16-19H,4-5,10-13H2,1-3H3. The molecule has 20 heavy (non-hydrogen) atoms. The molecule has 0 bridgehead atoms. The van der Waals surface area contributed by atoms with Crippen LogP contribution in [0.25, 0.3) is 0 Å². The average Bonchev–Trinajstić information content (AvgIpc) is 2.44. The lowest BCUT2D eigenvalue weighted by Gasteiger charge is -2.37. The topological polar surface area (TPSA) is 21.3 Å². The van der Waals surface area contributed by atoms with Crippen LogP contribution in [0.5, 0.6) is 0 Å². The monoisotopic (exact) mass is 275 g/mol. The van der Waals surface area contributed by atoms with Crippen LogP contribution in [-0.4, -0.2) is 25.8 Å². The molecule has 1 unspecified atom stereocenters. The van der Waals surface area contributed by atoms with Crippen molar-refractivity contribution in [3.63, 3.8) is 0 Å². The van der Waals surface area contributed by atoms with E-state index in [0.717, 1.165) is 25.4 Å². The Labute approximate surface area is 123 Å². The SMILES string of the molecule is CCOC1CC(CC(Cc2ccc(CC)cc2)NC)C1. The van der Waals surface area contributed by atoms with Gasteiger partial charge in [-0.1, -0.05) is 31.2 Å². The molecule has 1 fully saturated rings. The number of hydrogen-bond acceptors (Lipinski definition) is 2. The highest BCUT2D eigenvalue weighted by atomic mass is 16.5. The van der Waals surface area contributed by atoms with Gasteiger partial charge in [-0.05, 0) is 63.1 Å². The second kappa shape index (κ2) is 7.80. The summed E-state index contributed by atoms with van der Waals surface area (Å²) in [5, 5.41) is 3.48. The maximum atomic E-state index is 5.65. The minimum absolute atomic E-state index is 0.534. The summed E-state index contributed by atoms with van der Waals surface area (Å²) in [6.07, 6.45) is 6.57. The van der Waals surface area contributed by atoms with Crippen LogP contribution in [-0.2, 0) is 17.6 Å². The van der Waals surface area contributed by atoms with Gasteiger partial charge in [0.1, 0.15) is 0 Å². The number of hydrogen-bond donors (Lipinski definition) is 1. The Bertz CT molecular complexity index is 381. The molecular weight excluding hydrogens is 246 g/mol. The van der Waals surface area contributed by atoms with Crippen LogP contribution in [0.15, 0.2) is 24.3 Å². The zero-order chi connectivity index (χ0) is 14.4. The Hall–Kier alpha value is -0.860. The summed E-state index contributed by atoms with van der Waals surface area (Å²) in [5.41, 5.74) is 2.87. The lowest BCUT2D eigenvalue weighted by molar-refractivity contribution is -0.0288. The maximum Gasteiger partial charge on any atom is 0.0580 e. The molecule has 1 saturated carbocycles. The minimum Gasteiger partial charge on any atom is -0.378 e. The summed E-state index contributed by atoms with van der Waals surface area (Å²) in [5.74, 6) is 0.846. The molecule has 0 aliphatic heterocycles. The first-order valence-corrected chi connectivity index (χ1v) is 8.11. The molecule has 0 spiro atoms. The Morgan fingerprint density at radius 1 is 1.15 bits per heavy atom. The molecule has 0 saturated heterocycles. The Morgan fingerprint density at radius 3 is 2.35 bits per heavy atom. The second-order valence-electron chi connectivity index (χ2n) is 6.01. The molecule has 0 heterocycles. The fraction of sp³-hybridized carbons (Fsp3) is 0.667. The van der Waals surface area contributed by atoms with Crippen molar-refractivity contribution in [3.8, 4) is 0 Å². The molecule has 1 aliphatic rings. The Balaban J connectivity index is 1.77. The molecule has 0 radical (unpaired) electrons.